The molecular formula is C21H22N4O5S. The number of benzene rings is 1. The first kappa shape index (κ1) is 20.9. The molecule has 0 fully saturated rings. The summed E-state index contributed by atoms with van der Waals surface area (Å²) in [5, 5.41) is 0.141. The minimum absolute atomic E-state index is 0.0612. The zero-order chi connectivity index (χ0) is 22.4. The molecular weight excluding hydrogens is 420 g/mol. The SMILES string of the molecule is COC(=O)c1c(Cn2c(=O)[nH]c3ccccc32)sc2c1c(=O)n(C)c(=O)n2CC(C)C. The number of carbonyl (C=O) groups excluding carboxylic acids is 1. The van der Waals surface area contributed by atoms with Crippen LogP contribution in [-0.4, -0.2) is 31.8 Å². The number of imidazole rings is 1. The zero-order valence-corrected chi connectivity index (χ0v) is 18.4. The fraction of sp³-hybridized carbons (Fsp3) is 0.333. The highest BCUT2D eigenvalue weighted by Crippen LogP contribution is 2.30. The maximum Gasteiger partial charge on any atom is 0.339 e. The molecule has 1 N–H and O–H groups in total. The maximum absolute atomic E-state index is 13.0. The van der Waals surface area contributed by atoms with E-state index in [1.54, 1.807) is 12.1 Å². The Balaban J connectivity index is 2.05. The molecule has 9 nitrogen and oxygen atoms in total. The number of fused-ring (bicyclic) bond motifs is 2. The lowest BCUT2D eigenvalue weighted by Crippen LogP contribution is -2.38. The zero-order valence-electron chi connectivity index (χ0n) is 17.6. The molecule has 10 heteroatoms. The van der Waals surface area contributed by atoms with Gasteiger partial charge in [-0.1, -0.05) is 26.0 Å². The maximum atomic E-state index is 13.0. The van der Waals surface area contributed by atoms with Crippen molar-refractivity contribution in [2.45, 2.75) is 26.9 Å². The molecule has 0 spiro atoms. The van der Waals surface area contributed by atoms with Crippen molar-refractivity contribution in [1.29, 1.82) is 0 Å². The van der Waals surface area contributed by atoms with Gasteiger partial charge in [-0.2, -0.15) is 0 Å². The standard InChI is InChI=1S/C21H22N4O5S/c1-11(2)9-25-18-16(17(26)23(3)21(25)29)15(19(27)30-4)14(31-18)10-24-13-8-6-5-7-12(13)22-20(24)28/h5-8,11H,9-10H2,1-4H3,(H,22,28). The van der Waals surface area contributed by atoms with Gasteiger partial charge in [0.05, 0.1) is 35.6 Å². The number of aromatic nitrogens is 4. The average Bonchev–Trinajstić information content (AvgIpc) is 3.27. The van der Waals surface area contributed by atoms with E-state index in [9.17, 15) is 19.2 Å². The van der Waals surface area contributed by atoms with Crippen LogP contribution >= 0.6 is 11.3 Å². The van der Waals surface area contributed by atoms with Gasteiger partial charge in [-0.15, -0.1) is 11.3 Å². The lowest BCUT2D eigenvalue weighted by Gasteiger charge is -2.11. The number of hydrogen-bond acceptors (Lipinski definition) is 6. The van der Waals surface area contributed by atoms with Gasteiger partial charge in [-0.05, 0) is 18.1 Å². The number of H-pyrrole nitrogens is 1. The second kappa shape index (κ2) is 7.69. The van der Waals surface area contributed by atoms with Crippen molar-refractivity contribution in [2.75, 3.05) is 7.11 Å². The number of thiophene rings is 1. The summed E-state index contributed by atoms with van der Waals surface area (Å²) >= 11 is 1.16. The van der Waals surface area contributed by atoms with E-state index in [2.05, 4.69) is 4.98 Å². The number of para-hydroxylation sites is 2. The summed E-state index contributed by atoms with van der Waals surface area (Å²) in [6.45, 7) is 4.37. The number of carbonyl (C=O) groups is 1. The van der Waals surface area contributed by atoms with E-state index >= 15 is 0 Å². The fourth-order valence-corrected chi connectivity index (χ4v) is 5.01. The Hall–Kier alpha value is -3.40. The molecule has 0 bridgehead atoms. The monoisotopic (exact) mass is 442 g/mol. The third-order valence-electron chi connectivity index (χ3n) is 5.16. The number of nitrogens with zero attached hydrogens (tertiary/aromatic N) is 3. The Labute approximate surface area is 180 Å². The molecule has 31 heavy (non-hydrogen) atoms. The Morgan fingerprint density at radius 3 is 2.55 bits per heavy atom. The number of rotatable bonds is 5. The molecule has 0 aliphatic heterocycles. The second-order valence-electron chi connectivity index (χ2n) is 7.76. The van der Waals surface area contributed by atoms with Crippen molar-refractivity contribution in [3.63, 3.8) is 0 Å². The fourth-order valence-electron chi connectivity index (χ4n) is 3.74. The Morgan fingerprint density at radius 1 is 1.16 bits per heavy atom. The summed E-state index contributed by atoms with van der Waals surface area (Å²) in [6, 6.07) is 7.21. The Bertz CT molecular complexity index is 1500. The van der Waals surface area contributed by atoms with Crippen molar-refractivity contribution < 1.29 is 9.53 Å². The van der Waals surface area contributed by atoms with Gasteiger partial charge >= 0.3 is 17.3 Å². The lowest BCUT2D eigenvalue weighted by molar-refractivity contribution is 0.0602. The largest absolute Gasteiger partial charge is 0.465 e. The van der Waals surface area contributed by atoms with Crippen molar-refractivity contribution in [2.24, 2.45) is 13.0 Å². The van der Waals surface area contributed by atoms with E-state index in [1.165, 1.54) is 23.3 Å². The molecule has 0 saturated carbocycles. The summed E-state index contributed by atoms with van der Waals surface area (Å²) in [6.07, 6.45) is 0. The van der Waals surface area contributed by atoms with Crippen LogP contribution in [0.25, 0.3) is 21.3 Å². The van der Waals surface area contributed by atoms with Crippen molar-refractivity contribution in [1.82, 2.24) is 18.7 Å². The van der Waals surface area contributed by atoms with Crippen LogP contribution in [0.4, 0.5) is 0 Å². The highest BCUT2D eigenvalue weighted by Gasteiger charge is 2.27. The van der Waals surface area contributed by atoms with Crippen LogP contribution in [0, 0.1) is 5.92 Å². The van der Waals surface area contributed by atoms with Crippen LogP contribution in [0.15, 0.2) is 38.6 Å². The number of ether oxygens (including phenoxy) is 1. The molecule has 1 aromatic carbocycles. The van der Waals surface area contributed by atoms with Crippen LogP contribution in [0.3, 0.4) is 0 Å². The molecule has 3 aromatic heterocycles. The minimum Gasteiger partial charge on any atom is -0.465 e. The molecule has 162 valence electrons. The van der Waals surface area contributed by atoms with Crippen LogP contribution < -0.4 is 16.9 Å². The molecule has 0 amide bonds. The number of hydrogen-bond donors (Lipinski definition) is 1. The van der Waals surface area contributed by atoms with Gasteiger partial charge in [0.2, 0.25) is 0 Å². The van der Waals surface area contributed by atoms with E-state index < -0.39 is 17.2 Å². The lowest BCUT2D eigenvalue weighted by atomic mass is 10.1. The van der Waals surface area contributed by atoms with Gasteiger partial charge in [-0.25, -0.2) is 14.4 Å². The summed E-state index contributed by atoms with van der Waals surface area (Å²) in [5.74, 6) is -0.539. The normalized spacial score (nSPS) is 11.6. The van der Waals surface area contributed by atoms with Crippen LogP contribution in [0.2, 0.25) is 0 Å². The summed E-state index contributed by atoms with van der Waals surface area (Å²) in [5.41, 5.74) is 0.0997. The van der Waals surface area contributed by atoms with E-state index in [4.69, 9.17) is 4.74 Å². The molecule has 4 aromatic rings. The third-order valence-corrected chi connectivity index (χ3v) is 6.36. The molecule has 4 rings (SSSR count). The van der Waals surface area contributed by atoms with Gasteiger partial charge in [0.1, 0.15) is 4.83 Å². The predicted molar refractivity (Wildman–Crippen MR) is 119 cm³/mol. The third kappa shape index (κ3) is 3.32. The topological polar surface area (TPSA) is 108 Å². The van der Waals surface area contributed by atoms with Gasteiger partial charge in [0.25, 0.3) is 5.56 Å². The predicted octanol–water partition coefficient (Wildman–Crippen LogP) is 1.90. The second-order valence-corrected chi connectivity index (χ2v) is 8.84. The quantitative estimate of drug-likeness (QED) is 0.475. The highest BCUT2D eigenvalue weighted by molar-refractivity contribution is 7.19. The van der Waals surface area contributed by atoms with E-state index in [0.717, 1.165) is 15.9 Å². The van der Waals surface area contributed by atoms with Gasteiger partial charge < -0.3 is 9.72 Å². The number of aromatic amines is 1. The number of esters is 1. The van der Waals surface area contributed by atoms with Crippen molar-refractivity contribution in [3.8, 4) is 0 Å². The van der Waals surface area contributed by atoms with E-state index in [-0.39, 0.29) is 29.1 Å². The van der Waals surface area contributed by atoms with Crippen LogP contribution in [-0.2, 0) is 24.9 Å². The summed E-state index contributed by atoms with van der Waals surface area (Å²) < 4.78 is 8.98. The molecule has 0 unspecified atom stereocenters. The molecule has 0 aliphatic rings. The molecule has 0 saturated heterocycles. The smallest absolute Gasteiger partial charge is 0.339 e. The Morgan fingerprint density at radius 2 is 1.87 bits per heavy atom. The molecule has 0 radical (unpaired) electrons. The van der Waals surface area contributed by atoms with Crippen molar-refractivity contribution >= 4 is 38.6 Å². The summed E-state index contributed by atoms with van der Waals surface area (Å²) in [4.78, 5) is 54.8. The molecule has 0 atom stereocenters. The molecule has 3 heterocycles. The van der Waals surface area contributed by atoms with Gasteiger partial charge in [0, 0.05) is 18.5 Å². The summed E-state index contributed by atoms with van der Waals surface area (Å²) in [7, 11) is 2.63. The van der Waals surface area contributed by atoms with Crippen molar-refractivity contribution in [3.05, 3.63) is 66.0 Å². The first-order valence-corrected chi connectivity index (χ1v) is 10.6. The first-order valence-electron chi connectivity index (χ1n) is 9.75. The average molecular weight is 442 g/mol. The number of nitrogens with one attached hydrogen (secondary N) is 1. The van der Waals surface area contributed by atoms with Crippen LogP contribution in [0.1, 0.15) is 29.1 Å². The first-order chi connectivity index (χ1) is 14.7. The number of methoxy groups -OCH3 is 1. The molecule has 0 aliphatic carbocycles. The van der Waals surface area contributed by atoms with E-state index in [1.807, 2.05) is 26.0 Å². The minimum atomic E-state index is -0.680. The Kier molecular flexibility index (Phi) is 5.18. The van der Waals surface area contributed by atoms with Crippen LogP contribution in [0.5, 0.6) is 0 Å². The van der Waals surface area contributed by atoms with Gasteiger partial charge in [0.15, 0.2) is 0 Å². The van der Waals surface area contributed by atoms with Gasteiger partial charge in [-0.3, -0.25) is 18.5 Å². The highest BCUT2D eigenvalue weighted by atomic mass is 32.1. The van der Waals surface area contributed by atoms with E-state index in [0.29, 0.717) is 27.3 Å².